The molecule has 1 aromatic carbocycles. The number of aromatic hydroxyl groups is 1. The third kappa shape index (κ3) is 2.91. The molecule has 2 N–H and O–H groups in total. The van der Waals surface area contributed by atoms with Gasteiger partial charge in [-0.05, 0) is 18.9 Å². The van der Waals surface area contributed by atoms with Gasteiger partial charge in [-0.25, -0.2) is 0 Å². The van der Waals surface area contributed by atoms with E-state index in [1.165, 1.54) is 0 Å². The molecule has 104 valence electrons. The summed E-state index contributed by atoms with van der Waals surface area (Å²) in [4.78, 5) is 0. The van der Waals surface area contributed by atoms with Gasteiger partial charge in [0.25, 0.3) is 0 Å². The molecule has 2 atom stereocenters. The predicted octanol–water partition coefficient (Wildman–Crippen LogP) is 1.82. The summed E-state index contributed by atoms with van der Waals surface area (Å²) >= 11 is 0. The molecule has 2 aliphatic heterocycles. The molecular weight excluding hydrogens is 242 g/mol. The largest absolute Gasteiger partial charge is 0.508 e. The van der Waals surface area contributed by atoms with Crippen LogP contribution in [0.4, 0.5) is 0 Å². The summed E-state index contributed by atoms with van der Waals surface area (Å²) in [6.07, 6.45) is 3.03. The zero-order chi connectivity index (χ0) is 13.1. The van der Waals surface area contributed by atoms with Crippen LogP contribution in [0.2, 0.25) is 0 Å². The molecule has 2 unspecified atom stereocenters. The average molecular weight is 263 g/mol. The molecule has 4 heteroatoms. The second-order valence-electron chi connectivity index (χ2n) is 5.53. The van der Waals surface area contributed by atoms with Crippen LogP contribution < -0.4 is 5.32 Å². The Hall–Kier alpha value is -1.10. The van der Waals surface area contributed by atoms with Crippen molar-refractivity contribution in [3.8, 4) is 5.75 Å². The summed E-state index contributed by atoms with van der Waals surface area (Å²) in [7, 11) is 0. The molecule has 4 nitrogen and oxygen atoms in total. The number of hydrogen-bond donors (Lipinski definition) is 2. The first-order valence-electron chi connectivity index (χ1n) is 6.99. The molecule has 3 rings (SSSR count). The number of benzene rings is 1. The topological polar surface area (TPSA) is 50.7 Å². The fourth-order valence-electron chi connectivity index (χ4n) is 2.98. The molecule has 1 spiro atoms. The summed E-state index contributed by atoms with van der Waals surface area (Å²) in [5.41, 5.74) is 0.889. The van der Waals surface area contributed by atoms with E-state index < -0.39 is 0 Å². The molecule has 2 fully saturated rings. The lowest BCUT2D eigenvalue weighted by Crippen LogP contribution is -2.47. The van der Waals surface area contributed by atoms with Crippen LogP contribution in [0.25, 0.3) is 0 Å². The maximum atomic E-state index is 9.76. The lowest BCUT2D eigenvalue weighted by atomic mass is 9.89. The molecule has 2 aliphatic rings. The van der Waals surface area contributed by atoms with E-state index in [-0.39, 0.29) is 5.60 Å². The standard InChI is InChI=1S/C15H21NO3/c17-14-4-2-1-3-12(14)10-16-13-5-7-19-15(9-13)6-8-18-11-15/h1-4,13,16-17H,5-11H2. The van der Waals surface area contributed by atoms with Gasteiger partial charge in [0.2, 0.25) is 0 Å². The van der Waals surface area contributed by atoms with Gasteiger partial charge in [0.15, 0.2) is 0 Å². The first-order chi connectivity index (χ1) is 9.27. The molecule has 1 aromatic rings. The fourth-order valence-corrected chi connectivity index (χ4v) is 2.98. The Morgan fingerprint density at radius 1 is 1.32 bits per heavy atom. The Bertz CT molecular complexity index is 429. The second kappa shape index (κ2) is 5.49. The number of para-hydroxylation sites is 1. The van der Waals surface area contributed by atoms with Gasteiger partial charge in [0, 0.05) is 37.8 Å². The van der Waals surface area contributed by atoms with Crippen LogP contribution in [-0.4, -0.2) is 36.6 Å². The Morgan fingerprint density at radius 2 is 2.21 bits per heavy atom. The van der Waals surface area contributed by atoms with Crippen LogP contribution in [0, 0.1) is 0 Å². The highest BCUT2D eigenvalue weighted by molar-refractivity contribution is 5.31. The quantitative estimate of drug-likeness (QED) is 0.873. The van der Waals surface area contributed by atoms with Gasteiger partial charge < -0.3 is 19.9 Å². The first kappa shape index (κ1) is 12.9. The summed E-state index contributed by atoms with van der Waals surface area (Å²) in [5.74, 6) is 0.362. The van der Waals surface area contributed by atoms with Gasteiger partial charge in [0.1, 0.15) is 5.75 Å². The fraction of sp³-hybridized carbons (Fsp3) is 0.600. The molecule has 2 saturated heterocycles. The molecule has 0 saturated carbocycles. The lowest BCUT2D eigenvalue weighted by Gasteiger charge is -2.37. The van der Waals surface area contributed by atoms with Crippen LogP contribution in [-0.2, 0) is 16.0 Å². The summed E-state index contributed by atoms with van der Waals surface area (Å²) in [6.45, 7) is 3.03. The Morgan fingerprint density at radius 3 is 3.00 bits per heavy atom. The minimum absolute atomic E-state index is 0.0609. The van der Waals surface area contributed by atoms with E-state index in [2.05, 4.69) is 5.32 Å². The lowest BCUT2D eigenvalue weighted by molar-refractivity contribution is -0.0894. The van der Waals surface area contributed by atoms with E-state index in [0.29, 0.717) is 18.3 Å². The van der Waals surface area contributed by atoms with E-state index in [9.17, 15) is 5.11 Å². The number of phenols is 1. The van der Waals surface area contributed by atoms with Crippen molar-refractivity contribution in [3.05, 3.63) is 29.8 Å². The minimum Gasteiger partial charge on any atom is -0.508 e. The molecule has 0 amide bonds. The first-order valence-corrected chi connectivity index (χ1v) is 6.99. The van der Waals surface area contributed by atoms with Gasteiger partial charge in [-0.15, -0.1) is 0 Å². The second-order valence-corrected chi connectivity index (χ2v) is 5.53. The van der Waals surface area contributed by atoms with Crippen molar-refractivity contribution in [2.24, 2.45) is 0 Å². The average Bonchev–Trinajstić information content (AvgIpc) is 2.86. The Balaban J connectivity index is 1.57. The number of nitrogens with one attached hydrogen (secondary N) is 1. The highest BCUT2D eigenvalue weighted by Gasteiger charge is 2.40. The third-order valence-corrected chi connectivity index (χ3v) is 4.13. The normalized spacial score (nSPS) is 30.8. The SMILES string of the molecule is Oc1ccccc1CNC1CCOC2(CCOC2)C1. The van der Waals surface area contributed by atoms with E-state index in [1.807, 2.05) is 18.2 Å². The molecule has 0 aliphatic carbocycles. The van der Waals surface area contributed by atoms with E-state index in [4.69, 9.17) is 9.47 Å². The van der Waals surface area contributed by atoms with Crippen LogP contribution in [0.5, 0.6) is 5.75 Å². The van der Waals surface area contributed by atoms with Gasteiger partial charge in [-0.1, -0.05) is 18.2 Å². The van der Waals surface area contributed by atoms with Crippen LogP contribution in [0.3, 0.4) is 0 Å². The molecular formula is C15H21NO3. The van der Waals surface area contributed by atoms with Crippen molar-refractivity contribution in [1.29, 1.82) is 0 Å². The number of phenolic OH excluding ortho intramolecular Hbond substituents is 1. The van der Waals surface area contributed by atoms with E-state index in [0.717, 1.165) is 44.6 Å². The van der Waals surface area contributed by atoms with Crippen molar-refractivity contribution in [3.63, 3.8) is 0 Å². The molecule has 0 aromatic heterocycles. The molecule has 0 radical (unpaired) electrons. The maximum absolute atomic E-state index is 9.76. The third-order valence-electron chi connectivity index (χ3n) is 4.13. The van der Waals surface area contributed by atoms with Crippen LogP contribution in [0.1, 0.15) is 24.8 Å². The van der Waals surface area contributed by atoms with Crippen LogP contribution in [0.15, 0.2) is 24.3 Å². The van der Waals surface area contributed by atoms with Gasteiger partial charge in [-0.3, -0.25) is 0 Å². The summed E-state index contributed by atoms with van der Waals surface area (Å²) in [6, 6.07) is 7.92. The van der Waals surface area contributed by atoms with Gasteiger partial charge >= 0.3 is 0 Å². The number of ether oxygens (including phenoxy) is 2. The highest BCUT2D eigenvalue weighted by atomic mass is 16.6. The Labute approximate surface area is 113 Å². The smallest absolute Gasteiger partial charge is 0.120 e. The maximum Gasteiger partial charge on any atom is 0.120 e. The van der Waals surface area contributed by atoms with E-state index in [1.54, 1.807) is 6.07 Å². The number of hydrogen-bond acceptors (Lipinski definition) is 4. The van der Waals surface area contributed by atoms with Gasteiger partial charge in [0.05, 0.1) is 12.2 Å². The number of rotatable bonds is 3. The monoisotopic (exact) mass is 263 g/mol. The van der Waals surface area contributed by atoms with Crippen molar-refractivity contribution in [1.82, 2.24) is 5.32 Å². The van der Waals surface area contributed by atoms with Crippen molar-refractivity contribution < 1.29 is 14.6 Å². The van der Waals surface area contributed by atoms with Crippen molar-refractivity contribution in [2.75, 3.05) is 19.8 Å². The highest BCUT2D eigenvalue weighted by Crippen LogP contribution is 2.33. The minimum atomic E-state index is -0.0609. The van der Waals surface area contributed by atoms with Crippen molar-refractivity contribution >= 4 is 0 Å². The van der Waals surface area contributed by atoms with Crippen LogP contribution >= 0.6 is 0 Å². The molecule has 2 heterocycles. The predicted molar refractivity (Wildman–Crippen MR) is 72.1 cm³/mol. The molecule has 19 heavy (non-hydrogen) atoms. The van der Waals surface area contributed by atoms with Crippen molar-refractivity contribution in [2.45, 2.75) is 37.5 Å². The van der Waals surface area contributed by atoms with Gasteiger partial charge in [-0.2, -0.15) is 0 Å². The summed E-state index contributed by atoms with van der Waals surface area (Å²) < 4.78 is 11.4. The Kier molecular flexibility index (Phi) is 3.73. The summed E-state index contributed by atoms with van der Waals surface area (Å²) in [5, 5.41) is 13.3. The zero-order valence-corrected chi connectivity index (χ0v) is 11.1. The zero-order valence-electron chi connectivity index (χ0n) is 11.1. The molecule has 0 bridgehead atoms. The van der Waals surface area contributed by atoms with E-state index >= 15 is 0 Å².